The molecule has 1 heterocycles. The van der Waals surface area contributed by atoms with Crippen LogP contribution < -0.4 is 10.1 Å². The predicted molar refractivity (Wildman–Crippen MR) is 111 cm³/mol. The zero-order chi connectivity index (χ0) is 20.5. The second-order valence-corrected chi connectivity index (χ2v) is 7.02. The second-order valence-electron chi connectivity index (χ2n) is 7.02. The van der Waals surface area contributed by atoms with Crippen LogP contribution in [0.2, 0.25) is 0 Å². The molecule has 1 aliphatic rings. The Kier molecular flexibility index (Phi) is 7.64. The topological polar surface area (TPSA) is 67.9 Å². The number of amides is 2. The molecular weight excluding hydrogens is 368 g/mol. The summed E-state index contributed by atoms with van der Waals surface area (Å²) in [5.74, 6) is 0.394. The number of nitrogens with one attached hydrogen (secondary N) is 1. The van der Waals surface area contributed by atoms with Gasteiger partial charge in [-0.3, -0.25) is 9.59 Å². The molecule has 2 aromatic rings. The lowest BCUT2D eigenvalue weighted by Crippen LogP contribution is -2.45. The van der Waals surface area contributed by atoms with Crippen molar-refractivity contribution in [2.24, 2.45) is 0 Å². The Hall–Kier alpha value is -2.86. The zero-order valence-corrected chi connectivity index (χ0v) is 16.8. The van der Waals surface area contributed by atoms with Crippen molar-refractivity contribution in [2.75, 3.05) is 26.2 Å². The Labute approximate surface area is 171 Å². The van der Waals surface area contributed by atoms with Crippen LogP contribution in [-0.4, -0.2) is 49.1 Å². The molecule has 0 radical (unpaired) electrons. The van der Waals surface area contributed by atoms with Gasteiger partial charge in [0.05, 0.1) is 25.9 Å². The zero-order valence-electron chi connectivity index (χ0n) is 16.8. The quantitative estimate of drug-likeness (QED) is 0.745. The third-order valence-electron chi connectivity index (χ3n) is 4.95. The lowest BCUT2D eigenvalue weighted by molar-refractivity contribution is -0.132. The number of carbonyl (C=O) groups excluding carboxylic acids is 2. The van der Waals surface area contributed by atoms with Crippen LogP contribution in [0.15, 0.2) is 54.6 Å². The number of piperidine rings is 1. The highest BCUT2D eigenvalue weighted by Crippen LogP contribution is 2.16. The van der Waals surface area contributed by atoms with Crippen LogP contribution in [0.25, 0.3) is 0 Å². The van der Waals surface area contributed by atoms with E-state index in [0.29, 0.717) is 31.9 Å². The minimum Gasteiger partial charge on any atom is -0.494 e. The van der Waals surface area contributed by atoms with Crippen LogP contribution in [-0.2, 0) is 16.1 Å². The molecule has 2 amide bonds. The third kappa shape index (κ3) is 6.32. The summed E-state index contributed by atoms with van der Waals surface area (Å²) in [6, 6.07) is 17.0. The Morgan fingerprint density at radius 2 is 1.72 bits per heavy atom. The van der Waals surface area contributed by atoms with Gasteiger partial charge in [0.2, 0.25) is 5.91 Å². The Bertz CT molecular complexity index is 784. The lowest BCUT2D eigenvalue weighted by atomic mass is 10.1. The van der Waals surface area contributed by atoms with Crippen LogP contribution in [0.4, 0.5) is 0 Å². The predicted octanol–water partition coefficient (Wildman–Crippen LogP) is 3.02. The smallest absolute Gasteiger partial charge is 0.251 e. The van der Waals surface area contributed by atoms with Crippen LogP contribution in [0.3, 0.4) is 0 Å². The molecule has 6 heteroatoms. The van der Waals surface area contributed by atoms with E-state index in [2.05, 4.69) is 5.32 Å². The third-order valence-corrected chi connectivity index (χ3v) is 4.95. The highest BCUT2D eigenvalue weighted by Gasteiger charge is 2.23. The van der Waals surface area contributed by atoms with E-state index in [0.717, 1.165) is 24.2 Å². The van der Waals surface area contributed by atoms with Crippen molar-refractivity contribution >= 4 is 11.8 Å². The van der Waals surface area contributed by atoms with Gasteiger partial charge in [0.15, 0.2) is 0 Å². The standard InChI is InChI=1S/C23H28N2O4/c1-2-28-20-10-8-19(9-11-20)23(27)24-16-22(26)25-14-12-21(13-15-25)29-17-18-6-4-3-5-7-18/h3-11,21H,2,12-17H2,1H3,(H,24,27). The highest BCUT2D eigenvalue weighted by atomic mass is 16.5. The summed E-state index contributed by atoms with van der Waals surface area (Å²) in [5.41, 5.74) is 1.66. The van der Waals surface area contributed by atoms with E-state index in [9.17, 15) is 9.59 Å². The molecule has 3 rings (SSSR count). The first kappa shape index (κ1) is 20.9. The Balaban J connectivity index is 1.37. The van der Waals surface area contributed by atoms with Gasteiger partial charge >= 0.3 is 0 Å². The molecule has 0 unspecified atom stereocenters. The van der Waals surface area contributed by atoms with Crippen molar-refractivity contribution in [1.82, 2.24) is 10.2 Å². The number of carbonyl (C=O) groups is 2. The summed E-state index contributed by atoms with van der Waals surface area (Å²) in [7, 11) is 0. The maximum atomic E-state index is 12.4. The van der Waals surface area contributed by atoms with E-state index in [1.807, 2.05) is 37.3 Å². The van der Waals surface area contributed by atoms with Gasteiger partial charge in [0, 0.05) is 18.7 Å². The first-order valence-corrected chi connectivity index (χ1v) is 10.1. The van der Waals surface area contributed by atoms with E-state index < -0.39 is 0 Å². The summed E-state index contributed by atoms with van der Waals surface area (Å²) in [6.45, 7) is 4.38. The molecule has 1 saturated heterocycles. The Morgan fingerprint density at radius 1 is 1.03 bits per heavy atom. The Morgan fingerprint density at radius 3 is 2.38 bits per heavy atom. The van der Waals surface area contributed by atoms with Gasteiger partial charge in [0.1, 0.15) is 5.75 Å². The van der Waals surface area contributed by atoms with Crippen LogP contribution in [0.1, 0.15) is 35.7 Å². The van der Waals surface area contributed by atoms with Gasteiger partial charge in [-0.05, 0) is 49.6 Å². The van der Waals surface area contributed by atoms with Gasteiger partial charge in [0.25, 0.3) is 5.91 Å². The first-order chi connectivity index (χ1) is 14.2. The molecule has 0 atom stereocenters. The van der Waals surface area contributed by atoms with Gasteiger partial charge in [-0.15, -0.1) is 0 Å². The number of nitrogens with zero attached hydrogens (tertiary/aromatic N) is 1. The maximum Gasteiger partial charge on any atom is 0.251 e. The molecule has 29 heavy (non-hydrogen) atoms. The number of rotatable bonds is 8. The monoisotopic (exact) mass is 396 g/mol. The van der Waals surface area contributed by atoms with Crippen molar-refractivity contribution in [1.29, 1.82) is 0 Å². The normalized spacial score (nSPS) is 14.4. The minimum absolute atomic E-state index is 0.00157. The summed E-state index contributed by atoms with van der Waals surface area (Å²) >= 11 is 0. The lowest BCUT2D eigenvalue weighted by Gasteiger charge is -2.32. The van der Waals surface area contributed by atoms with Gasteiger partial charge < -0.3 is 19.7 Å². The first-order valence-electron chi connectivity index (χ1n) is 10.1. The van der Waals surface area contributed by atoms with E-state index in [1.54, 1.807) is 29.2 Å². The fraction of sp³-hybridized carbons (Fsp3) is 0.391. The molecule has 0 aliphatic carbocycles. The molecule has 0 aromatic heterocycles. The minimum atomic E-state index is -0.262. The molecule has 0 spiro atoms. The van der Waals surface area contributed by atoms with E-state index in [4.69, 9.17) is 9.47 Å². The number of likely N-dealkylation sites (tertiary alicyclic amines) is 1. The second kappa shape index (κ2) is 10.6. The number of hydrogen-bond acceptors (Lipinski definition) is 4. The molecule has 1 fully saturated rings. The summed E-state index contributed by atoms with van der Waals surface area (Å²) in [4.78, 5) is 26.4. The average molecular weight is 396 g/mol. The van der Waals surface area contributed by atoms with E-state index in [-0.39, 0.29) is 24.5 Å². The van der Waals surface area contributed by atoms with Crippen molar-refractivity contribution in [2.45, 2.75) is 32.5 Å². The number of ether oxygens (including phenoxy) is 2. The van der Waals surface area contributed by atoms with Gasteiger partial charge in [-0.25, -0.2) is 0 Å². The molecule has 2 aromatic carbocycles. The van der Waals surface area contributed by atoms with Crippen LogP contribution in [0.5, 0.6) is 5.75 Å². The largest absolute Gasteiger partial charge is 0.494 e. The van der Waals surface area contributed by atoms with Crippen LogP contribution >= 0.6 is 0 Å². The fourth-order valence-corrected chi connectivity index (χ4v) is 3.30. The maximum absolute atomic E-state index is 12.4. The average Bonchev–Trinajstić information content (AvgIpc) is 2.77. The van der Waals surface area contributed by atoms with E-state index >= 15 is 0 Å². The molecule has 1 N–H and O–H groups in total. The number of benzene rings is 2. The van der Waals surface area contributed by atoms with Crippen LogP contribution in [0, 0.1) is 0 Å². The molecular formula is C23H28N2O4. The van der Waals surface area contributed by atoms with Crippen molar-refractivity contribution in [3.8, 4) is 5.75 Å². The van der Waals surface area contributed by atoms with Crippen molar-refractivity contribution < 1.29 is 19.1 Å². The van der Waals surface area contributed by atoms with E-state index in [1.165, 1.54) is 0 Å². The summed E-state index contributed by atoms with van der Waals surface area (Å²) in [6.07, 6.45) is 1.79. The number of hydrogen-bond donors (Lipinski definition) is 1. The fourth-order valence-electron chi connectivity index (χ4n) is 3.30. The SMILES string of the molecule is CCOc1ccc(C(=O)NCC(=O)N2CCC(OCc3ccccc3)CC2)cc1. The van der Waals surface area contributed by atoms with Gasteiger partial charge in [-0.1, -0.05) is 30.3 Å². The molecule has 6 nitrogen and oxygen atoms in total. The van der Waals surface area contributed by atoms with Gasteiger partial charge in [-0.2, -0.15) is 0 Å². The summed E-state index contributed by atoms with van der Waals surface area (Å²) < 4.78 is 11.3. The molecule has 0 saturated carbocycles. The van der Waals surface area contributed by atoms with Crippen molar-refractivity contribution in [3.63, 3.8) is 0 Å². The molecule has 1 aliphatic heterocycles. The van der Waals surface area contributed by atoms with Crippen molar-refractivity contribution in [3.05, 3.63) is 65.7 Å². The molecule has 0 bridgehead atoms. The summed E-state index contributed by atoms with van der Waals surface area (Å²) in [5, 5.41) is 2.70. The molecule has 154 valence electrons. The highest BCUT2D eigenvalue weighted by molar-refractivity contribution is 5.96.